The van der Waals surface area contributed by atoms with Crippen LogP contribution in [0, 0.1) is 0 Å². The molecule has 0 fully saturated rings. The van der Waals surface area contributed by atoms with Gasteiger partial charge in [-0.25, -0.2) is 4.98 Å². The first-order chi connectivity index (χ1) is 10.3. The lowest BCUT2D eigenvalue weighted by atomic mass is 10.1. The molecule has 0 bridgehead atoms. The highest BCUT2D eigenvalue weighted by Crippen LogP contribution is 2.29. The number of hydrogen-bond donors (Lipinski definition) is 1. The number of rotatable bonds is 4. The number of benzene rings is 2. The fourth-order valence-corrected chi connectivity index (χ4v) is 2.55. The number of fused-ring (bicyclic) bond motifs is 1. The van der Waals surface area contributed by atoms with Gasteiger partial charge in [-0.3, -0.25) is 0 Å². The minimum Gasteiger partial charge on any atom is -0.496 e. The third-order valence-electron chi connectivity index (χ3n) is 3.36. The maximum atomic E-state index is 5.40. The summed E-state index contributed by atoms with van der Waals surface area (Å²) in [5.41, 5.74) is 1.21. The number of hydrogen-bond acceptors (Lipinski definition) is 3. The van der Waals surface area contributed by atoms with E-state index >= 15 is 0 Å². The highest BCUT2D eigenvalue weighted by Gasteiger charge is 2.06. The summed E-state index contributed by atoms with van der Waals surface area (Å²) in [6, 6.07) is 16.2. The van der Waals surface area contributed by atoms with E-state index in [0.717, 1.165) is 33.4 Å². The average Bonchev–Trinajstić information content (AvgIpc) is 2.53. The minimum absolute atomic E-state index is 0.733. The summed E-state index contributed by atoms with van der Waals surface area (Å²) in [7, 11) is 1.68. The molecule has 0 saturated heterocycles. The second-order valence-corrected chi connectivity index (χ2v) is 5.61. The molecule has 106 valence electrons. The van der Waals surface area contributed by atoms with E-state index in [9.17, 15) is 0 Å². The first-order valence-corrected chi connectivity index (χ1v) is 7.47. The largest absolute Gasteiger partial charge is 0.496 e. The van der Waals surface area contributed by atoms with Crippen molar-refractivity contribution in [3.05, 3.63) is 64.8 Å². The van der Waals surface area contributed by atoms with E-state index in [1.165, 1.54) is 5.56 Å². The Balaban J connectivity index is 1.88. The molecule has 1 N–H and O–H groups in total. The SMILES string of the molecule is COc1cccc2c(NCc3ccc(Br)cc3)nccc12. The predicted octanol–water partition coefficient (Wildman–Crippen LogP) is 4.62. The van der Waals surface area contributed by atoms with Gasteiger partial charge in [-0.2, -0.15) is 0 Å². The lowest BCUT2D eigenvalue weighted by molar-refractivity contribution is 0.420. The molecule has 0 saturated carbocycles. The monoisotopic (exact) mass is 342 g/mol. The number of nitrogens with zero attached hydrogens (tertiary/aromatic N) is 1. The third kappa shape index (κ3) is 3.00. The van der Waals surface area contributed by atoms with Crippen molar-refractivity contribution in [3.63, 3.8) is 0 Å². The predicted molar refractivity (Wildman–Crippen MR) is 89.8 cm³/mol. The number of ether oxygens (including phenoxy) is 1. The van der Waals surface area contributed by atoms with E-state index in [1.807, 2.05) is 30.3 Å². The molecule has 0 aliphatic rings. The number of halogens is 1. The van der Waals surface area contributed by atoms with Crippen LogP contribution in [0.1, 0.15) is 5.56 Å². The van der Waals surface area contributed by atoms with Crippen LogP contribution < -0.4 is 10.1 Å². The van der Waals surface area contributed by atoms with Crippen LogP contribution >= 0.6 is 15.9 Å². The van der Waals surface area contributed by atoms with Crippen molar-refractivity contribution < 1.29 is 4.74 Å². The van der Waals surface area contributed by atoms with Gasteiger partial charge in [0.15, 0.2) is 0 Å². The van der Waals surface area contributed by atoms with Crippen molar-refractivity contribution in [3.8, 4) is 5.75 Å². The highest BCUT2D eigenvalue weighted by atomic mass is 79.9. The number of aromatic nitrogens is 1. The Morgan fingerprint density at radius 2 is 1.86 bits per heavy atom. The van der Waals surface area contributed by atoms with Crippen LogP contribution in [0.2, 0.25) is 0 Å². The van der Waals surface area contributed by atoms with E-state index in [-0.39, 0.29) is 0 Å². The number of anilines is 1. The molecule has 0 aliphatic heterocycles. The fourth-order valence-electron chi connectivity index (χ4n) is 2.29. The fraction of sp³-hybridized carbons (Fsp3) is 0.118. The summed E-state index contributed by atoms with van der Waals surface area (Å²) < 4.78 is 6.48. The zero-order valence-corrected chi connectivity index (χ0v) is 13.2. The van der Waals surface area contributed by atoms with E-state index in [1.54, 1.807) is 13.3 Å². The molecule has 0 unspecified atom stereocenters. The van der Waals surface area contributed by atoms with Gasteiger partial charge in [-0.15, -0.1) is 0 Å². The lowest BCUT2D eigenvalue weighted by Gasteiger charge is -2.11. The second-order valence-electron chi connectivity index (χ2n) is 4.69. The topological polar surface area (TPSA) is 34.1 Å². The van der Waals surface area contributed by atoms with Gasteiger partial charge in [0, 0.05) is 28.0 Å². The molecule has 3 nitrogen and oxygen atoms in total. The van der Waals surface area contributed by atoms with E-state index < -0.39 is 0 Å². The van der Waals surface area contributed by atoms with Crippen LogP contribution in [0.25, 0.3) is 10.8 Å². The van der Waals surface area contributed by atoms with Gasteiger partial charge in [0.05, 0.1) is 7.11 Å². The first kappa shape index (κ1) is 13.9. The molecule has 0 spiro atoms. The number of pyridine rings is 1. The van der Waals surface area contributed by atoms with E-state index in [2.05, 4.69) is 44.4 Å². The highest BCUT2D eigenvalue weighted by molar-refractivity contribution is 9.10. The molecule has 0 aliphatic carbocycles. The molecule has 21 heavy (non-hydrogen) atoms. The maximum absolute atomic E-state index is 5.40. The van der Waals surface area contributed by atoms with Crippen molar-refractivity contribution in [1.82, 2.24) is 4.98 Å². The Morgan fingerprint density at radius 1 is 1.05 bits per heavy atom. The van der Waals surface area contributed by atoms with Crippen LogP contribution in [0.5, 0.6) is 5.75 Å². The Kier molecular flexibility index (Phi) is 4.06. The van der Waals surface area contributed by atoms with Gasteiger partial charge < -0.3 is 10.1 Å². The Bertz CT molecular complexity index is 756. The van der Waals surface area contributed by atoms with Crippen molar-refractivity contribution in [2.24, 2.45) is 0 Å². The molecule has 0 radical (unpaired) electrons. The van der Waals surface area contributed by atoms with Crippen molar-refractivity contribution in [2.75, 3.05) is 12.4 Å². The molecular weight excluding hydrogens is 328 g/mol. The van der Waals surface area contributed by atoms with Gasteiger partial charge in [0.1, 0.15) is 11.6 Å². The number of methoxy groups -OCH3 is 1. The molecule has 0 atom stereocenters. The summed E-state index contributed by atoms with van der Waals surface area (Å²) in [5, 5.41) is 5.52. The molecule has 2 aromatic carbocycles. The number of nitrogens with one attached hydrogen (secondary N) is 1. The molecule has 3 aromatic rings. The molecule has 1 aromatic heterocycles. The summed E-state index contributed by atoms with van der Waals surface area (Å²) in [4.78, 5) is 4.44. The Hall–Kier alpha value is -2.07. The van der Waals surface area contributed by atoms with Gasteiger partial charge >= 0.3 is 0 Å². The van der Waals surface area contributed by atoms with E-state index in [4.69, 9.17) is 4.74 Å². The van der Waals surface area contributed by atoms with Crippen LogP contribution in [-0.2, 0) is 6.54 Å². The van der Waals surface area contributed by atoms with Gasteiger partial charge in [-0.1, -0.05) is 40.2 Å². The third-order valence-corrected chi connectivity index (χ3v) is 3.89. The van der Waals surface area contributed by atoms with Crippen molar-refractivity contribution in [2.45, 2.75) is 6.54 Å². The molecule has 4 heteroatoms. The molecule has 1 heterocycles. The zero-order valence-electron chi connectivity index (χ0n) is 11.6. The van der Waals surface area contributed by atoms with Crippen LogP contribution in [0.4, 0.5) is 5.82 Å². The van der Waals surface area contributed by atoms with Crippen LogP contribution in [0.3, 0.4) is 0 Å². The quantitative estimate of drug-likeness (QED) is 0.751. The van der Waals surface area contributed by atoms with Crippen LogP contribution in [-0.4, -0.2) is 12.1 Å². The Labute approximate surface area is 132 Å². The molecular formula is C17H15BrN2O. The maximum Gasteiger partial charge on any atom is 0.134 e. The van der Waals surface area contributed by atoms with Gasteiger partial charge in [-0.05, 0) is 29.8 Å². The lowest BCUT2D eigenvalue weighted by Crippen LogP contribution is -2.02. The standard InChI is InChI=1S/C17H15BrN2O/c1-21-16-4-2-3-15-14(16)9-10-19-17(15)20-11-12-5-7-13(18)8-6-12/h2-10H,11H2,1H3,(H,19,20). The minimum atomic E-state index is 0.733. The van der Waals surface area contributed by atoms with E-state index in [0.29, 0.717) is 0 Å². The zero-order chi connectivity index (χ0) is 14.7. The van der Waals surface area contributed by atoms with Crippen molar-refractivity contribution in [1.29, 1.82) is 0 Å². The molecule has 3 rings (SSSR count). The van der Waals surface area contributed by atoms with Gasteiger partial charge in [0.25, 0.3) is 0 Å². The summed E-state index contributed by atoms with van der Waals surface area (Å²) >= 11 is 3.44. The summed E-state index contributed by atoms with van der Waals surface area (Å²) in [5.74, 6) is 1.73. The smallest absolute Gasteiger partial charge is 0.134 e. The van der Waals surface area contributed by atoms with Crippen molar-refractivity contribution >= 4 is 32.5 Å². The second kappa shape index (κ2) is 6.14. The normalized spacial score (nSPS) is 10.6. The summed E-state index contributed by atoms with van der Waals surface area (Å²) in [6.07, 6.45) is 1.80. The van der Waals surface area contributed by atoms with Gasteiger partial charge in [0.2, 0.25) is 0 Å². The molecule has 0 amide bonds. The Morgan fingerprint density at radius 3 is 2.62 bits per heavy atom. The summed E-state index contributed by atoms with van der Waals surface area (Å²) in [6.45, 7) is 0.733. The average molecular weight is 343 g/mol. The first-order valence-electron chi connectivity index (χ1n) is 6.68. The van der Waals surface area contributed by atoms with Crippen LogP contribution in [0.15, 0.2) is 59.2 Å².